The summed E-state index contributed by atoms with van der Waals surface area (Å²) in [6.07, 6.45) is 0.713. The highest BCUT2D eigenvalue weighted by molar-refractivity contribution is 7.92. The summed E-state index contributed by atoms with van der Waals surface area (Å²) in [7, 11) is -4.07. The van der Waals surface area contributed by atoms with Crippen molar-refractivity contribution < 1.29 is 27.7 Å². The Balaban J connectivity index is 2.76. The van der Waals surface area contributed by atoms with Gasteiger partial charge in [0.2, 0.25) is 0 Å². The third-order valence-electron chi connectivity index (χ3n) is 3.09. The fraction of sp³-hybridized carbons (Fsp3) is 0.429. The Morgan fingerprint density at radius 3 is 2.38 bits per heavy atom. The van der Waals surface area contributed by atoms with E-state index in [2.05, 4.69) is 5.32 Å². The SMILES string of the molecule is CCCNC(=O)COC(=O)[C@H](C)S(=O)(=O)c1ccc([N+](=O)[O-])cc1. The summed E-state index contributed by atoms with van der Waals surface area (Å²) < 4.78 is 29.3. The number of esters is 1. The maximum absolute atomic E-state index is 12.3. The molecule has 0 bridgehead atoms. The van der Waals surface area contributed by atoms with Crippen LogP contribution < -0.4 is 5.32 Å². The molecule has 1 aromatic carbocycles. The van der Waals surface area contributed by atoms with Crippen LogP contribution in [0.1, 0.15) is 20.3 Å². The van der Waals surface area contributed by atoms with Crippen LogP contribution in [0.4, 0.5) is 5.69 Å². The van der Waals surface area contributed by atoms with Gasteiger partial charge in [-0.25, -0.2) is 8.42 Å². The fourth-order valence-electron chi connectivity index (χ4n) is 1.66. The predicted molar refractivity (Wildman–Crippen MR) is 84.0 cm³/mol. The number of carbonyl (C=O) groups excluding carboxylic acids is 2. The van der Waals surface area contributed by atoms with Crippen LogP contribution in [0.15, 0.2) is 29.2 Å². The van der Waals surface area contributed by atoms with E-state index in [1.54, 1.807) is 0 Å². The lowest BCUT2D eigenvalue weighted by molar-refractivity contribution is -0.384. The van der Waals surface area contributed by atoms with Crippen LogP contribution in [-0.2, 0) is 24.2 Å². The summed E-state index contributed by atoms with van der Waals surface area (Å²) >= 11 is 0. The molecule has 1 N–H and O–H groups in total. The van der Waals surface area contributed by atoms with Crippen molar-refractivity contribution in [2.45, 2.75) is 30.4 Å². The van der Waals surface area contributed by atoms with Crippen LogP contribution in [0, 0.1) is 10.1 Å². The highest BCUT2D eigenvalue weighted by Gasteiger charge is 2.31. The molecule has 1 atom stereocenters. The Morgan fingerprint density at radius 2 is 1.88 bits per heavy atom. The second-order valence-electron chi connectivity index (χ2n) is 4.90. The number of benzene rings is 1. The highest BCUT2D eigenvalue weighted by atomic mass is 32.2. The summed E-state index contributed by atoms with van der Waals surface area (Å²) in [4.78, 5) is 32.8. The average molecular weight is 358 g/mol. The molecule has 0 heterocycles. The van der Waals surface area contributed by atoms with E-state index >= 15 is 0 Å². The molecule has 132 valence electrons. The second-order valence-corrected chi connectivity index (χ2v) is 7.16. The molecular formula is C14H18N2O7S. The Kier molecular flexibility index (Phi) is 6.83. The first-order chi connectivity index (χ1) is 11.2. The van der Waals surface area contributed by atoms with Crippen molar-refractivity contribution in [3.8, 4) is 0 Å². The van der Waals surface area contributed by atoms with Crippen molar-refractivity contribution in [2.24, 2.45) is 0 Å². The van der Waals surface area contributed by atoms with E-state index in [4.69, 9.17) is 4.74 Å². The molecule has 1 amide bonds. The van der Waals surface area contributed by atoms with Gasteiger partial charge in [0, 0.05) is 18.7 Å². The van der Waals surface area contributed by atoms with E-state index in [0.717, 1.165) is 31.2 Å². The van der Waals surface area contributed by atoms with Crippen LogP contribution in [0.25, 0.3) is 0 Å². The third kappa shape index (κ3) is 5.01. The molecule has 24 heavy (non-hydrogen) atoms. The molecule has 9 nitrogen and oxygen atoms in total. The third-order valence-corrected chi connectivity index (χ3v) is 5.14. The minimum Gasteiger partial charge on any atom is -0.455 e. The Bertz CT molecular complexity index is 713. The van der Waals surface area contributed by atoms with Gasteiger partial charge in [-0.05, 0) is 25.5 Å². The van der Waals surface area contributed by atoms with Crippen LogP contribution in [0.3, 0.4) is 0 Å². The number of nitro groups is 1. The number of nitrogens with one attached hydrogen (secondary N) is 1. The van der Waals surface area contributed by atoms with Gasteiger partial charge in [0.15, 0.2) is 21.7 Å². The molecule has 0 fully saturated rings. The van der Waals surface area contributed by atoms with Gasteiger partial charge in [0.05, 0.1) is 9.82 Å². The summed E-state index contributed by atoms with van der Waals surface area (Å²) in [5.74, 6) is -1.59. The molecular weight excluding hydrogens is 340 g/mol. The zero-order valence-corrected chi connectivity index (χ0v) is 14.0. The lowest BCUT2D eigenvalue weighted by Gasteiger charge is -2.12. The van der Waals surface area contributed by atoms with Gasteiger partial charge < -0.3 is 10.1 Å². The predicted octanol–water partition coefficient (Wildman–Crippen LogP) is 0.826. The van der Waals surface area contributed by atoms with Gasteiger partial charge in [-0.15, -0.1) is 0 Å². The zero-order chi connectivity index (χ0) is 18.3. The molecule has 1 aromatic rings. The molecule has 0 spiro atoms. The number of hydrogen-bond donors (Lipinski definition) is 1. The summed E-state index contributed by atoms with van der Waals surface area (Å²) in [6.45, 7) is 2.83. The van der Waals surface area contributed by atoms with Crippen molar-refractivity contribution in [3.63, 3.8) is 0 Å². The van der Waals surface area contributed by atoms with Crippen molar-refractivity contribution in [1.29, 1.82) is 0 Å². The molecule has 1 rings (SSSR count). The standard InChI is InChI=1S/C14H18N2O7S/c1-3-8-15-13(17)9-23-14(18)10(2)24(21,22)12-6-4-11(5-7-12)16(19)20/h4-7,10H,3,8-9H2,1-2H3,(H,15,17)/t10-/m0/s1. The van der Waals surface area contributed by atoms with E-state index in [1.165, 1.54) is 0 Å². The zero-order valence-electron chi connectivity index (χ0n) is 13.2. The topological polar surface area (TPSA) is 133 Å². The summed E-state index contributed by atoms with van der Waals surface area (Å²) in [6, 6.07) is 4.16. The van der Waals surface area contributed by atoms with Gasteiger partial charge >= 0.3 is 5.97 Å². The minimum atomic E-state index is -4.07. The van der Waals surface area contributed by atoms with Crippen molar-refractivity contribution in [3.05, 3.63) is 34.4 Å². The first-order valence-corrected chi connectivity index (χ1v) is 8.66. The fourth-order valence-corrected chi connectivity index (χ4v) is 2.90. The van der Waals surface area contributed by atoms with Crippen LogP contribution in [0.5, 0.6) is 0 Å². The Morgan fingerprint density at radius 1 is 1.29 bits per heavy atom. The lowest BCUT2D eigenvalue weighted by atomic mass is 10.3. The minimum absolute atomic E-state index is 0.243. The van der Waals surface area contributed by atoms with E-state index in [0.29, 0.717) is 13.0 Å². The molecule has 0 aliphatic carbocycles. The van der Waals surface area contributed by atoms with E-state index < -0.39 is 38.5 Å². The van der Waals surface area contributed by atoms with E-state index in [1.807, 2.05) is 6.92 Å². The van der Waals surface area contributed by atoms with Crippen molar-refractivity contribution in [1.82, 2.24) is 5.32 Å². The normalized spacial score (nSPS) is 12.2. The molecule has 10 heteroatoms. The monoisotopic (exact) mass is 358 g/mol. The summed E-state index contributed by atoms with van der Waals surface area (Å²) in [5.41, 5.74) is -0.267. The molecule has 0 radical (unpaired) electrons. The maximum atomic E-state index is 12.3. The number of amides is 1. The van der Waals surface area contributed by atoms with Crippen molar-refractivity contribution in [2.75, 3.05) is 13.2 Å². The number of ether oxygens (including phenoxy) is 1. The van der Waals surface area contributed by atoms with E-state index in [-0.39, 0.29) is 10.6 Å². The first-order valence-electron chi connectivity index (χ1n) is 7.11. The van der Waals surface area contributed by atoms with Crippen LogP contribution in [0.2, 0.25) is 0 Å². The number of nitro benzene ring substituents is 1. The average Bonchev–Trinajstić information content (AvgIpc) is 2.56. The molecule has 0 unspecified atom stereocenters. The molecule has 0 aromatic heterocycles. The lowest BCUT2D eigenvalue weighted by Crippen LogP contribution is -2.34. The van der Waals surface area contributed by atoms with Gasteiger partial charge in [0.1, 0.15) is 0 Å². The summed E-state index contributed by atoms with van der Waals surface area (Å²) in [5, 5.41) is 11.5. The quantitative estimate of drug-likeness (QED) is 0.413. The van der Waals surface area contributed by atoms with Gasteiger partial charge in [-0.1, -0.05) is 6.92 Å². The van der Waals surface area contributed by atoms with Crippen molar-refractivity contribution >= 4 is 27.4 Å². The highest BCUT2D eigenvalue weighted by Crippen LogP contribution is 2.20. The van der Waals surface area contributed by atoms with E-state index in [9.17, 15) is 28.1 Å². The van der Waals surface area contributed by atoms with Gasteiger partial charge in [0.25, 0.3) is 11.6 Å². The number of carbonyl (C=O) groups is 2. The van der Waals surface area contributed by atoms with Gasteiger partial charge in [-0.2, -0.15) is 0 Å². The smallest absolute Gasteiger partial charge is 0.324 e. The first kappa shape index (κ1) is 19.6. The van der Waals surface area contributed by atoms with Crippen LogP contribution >= 0.6 is 0 Å². The molecule has 0 saturated heterocycles. The number of sulfone groups is 1. The Hall–Kier alpha value is -2.49. The van der Waals surface area contributed by atoms with Gasteiger partial charge in [-0.3, -0.25) is 19.7 Å². The maximum Gasteiger partial charge on any atom is 0.324 e. The number of non-ortho nitro benzene ring substituents is 1. The second kappa shape index (κ2) is 8.39. The molecule has 0 aliphatic rings. The number of hydrogen-bond acceptors (Lipinski definition) is 7. The largest absolute Gasteiger partial charge is 0.455 e. The van der Waals surface area contributed by atoms with Crippen LogP contribution in [-0.4, -0.2) is 43.6 Å². The molecule has 0 aliphatic heterocycles. The Labute approximate surface area is 139 Å². The number of rotatable bonds is 8. The number of nitrogens with zero attached hydrogens (tertiary/aromatic N) is 1. The molecule has 0 saturated carbocycles.